The number of phenolic OH excluding ortho intramolecular Hbond substituents is 1. The van der Waals surface area contributed by atoms with Crippen LogP contribution >= 0.6 is 0 Å². The largest absolute Gasteiger partial charge is 0.505 e. The minimum Gasteiger partial charge on any atom is -0.505 e. The first-order valence-corrected chi connectivity index (χ1v) is 13.7. The summed E-state index contributed by atoms with van der Waals surface area (Å²) >= 11 is 0. The first-order chi connectivity index (χ1) is 15.7. The Morgan fingerprint density at radius 3 is 2.12 bits per heavy atom. The molecule has 34 heavy (non-hydrogen) atoms. The Hall–Kier alpha value is -2.95. The molecule has 0 saturated heterocycles. The average molecular weight is 531 g/mol. The van der Waals surface area contributed by atoms with Gasteiger partial charge in [0.05, 0.1) is 22.9 Å². The van der Waals surface area contributed by atoms with Crippen LogP contribution in [-0.2, 0) is 34.5 Å². The van der Waals surface area contributed by atoms with Gasteiger partial charge >= 0.3 is 10.4 Å². The van der Waals surface area contributed by atoms with E-state index >= 15 is 0 Å². The number of aromatic hydroxyl groups is 1. The van der Waals surface area contributed by atoms with E-state index < -0.39 is 59.0 Å². The molecule has 0 unspecified atom stereocenters. The number of hydrogen-bond donors (Lipinski definition) is 3. The predicted octanol–water partition coefficient (Wildman–Crippen LogP) is 3.11. The van der Waals surface area contributed by atoms with Gasteiger partial charge in [0.1, 0.15) is 10.6 Å². The van der Waals surface area contributed by atoms with Gasteiger partial charge in [-0.1, -0.05) is 23.8 Å². The van der Waals surface area contributed by atoms with Gasteiger partial charge in [0.15, 0.2) is 15.6 Å². The standard InChI is InChI=1S/C19H18N2O10S3/c1-12-2-7-16-13(10-12)11-17(33(25,26)27)18(19(16)22)21-20-14-3-5-15(6-4-14)32(23,24)9-8-31-34(28,29)30/h2-7,10-11,22H,8-9H2,1H3,(H,25,26,27)(H,28,29,30). The van der Waals surface area contributed by atoms with E-state index in [9.17, 15) is 34.9 Å². The summed E-state index contributed by atoms with van der Waals surface area (Å²) in [7, 11) is -13.5. The van der Waals surface area contributed by atoms with Crippen LogP contribution in [0.5, 0.6) is 5.75 Å². The molecule has 0 heterocycles. The smallest absolute Gasteiger partial charge is 0.397 e. The Kier molecular flexibility index (Phi) is 7.07. The third-order valence-corrected chi connectivity index (χ3v) is 7.56. The van der Waals surface area contributed by atoms with Crippen molar-refractivity contribution in [2.24, 2.45) is 10.2 Å². The number of phenols is 1. The summed E-state index contributed by atoms with van der Waals surface area (Å²) in [6.45, 7) is 0.977. The van der Waals surface area contributed by atoms with Crippen molar-refractivity contribution in [1.82, 2.24) is 0 Å². The molecule has 0 bridgehead atoms. The highest BCUT2D eigenvalue weighted by Gasteiger charge is 2.22. The lowest BCUT2D eigenvalue weighted by atomic mass is 10.1. The van der Waals surface area contributed by atoms with Crippen LogP contribution in [0.25, 0.3) is 10.8 Å². The third kappa shape index (κ3) is 6.13. The first kappa shape index (κ1) is 25.7. The average Bonchev–Trinajstić information content (AvgIpc) is 2.71. The van der Waals surface area contributed by atoms with Crippen molar-refractivity contribution in [1.29, 1.82) is 0 Å². The predicted molar refractivity (Wildman–Crippen MR) is 120 cm³/mol. The van der Waals surface area contributed by atoms with Crippen LogP contribution in [0.4, 0.5) is 11.4 Å². The van der Waals surface area contributed by atoms with Crippen molar-refractivity contribution in [2.45, 2.75) is 16.7 Å². The first-order valence-electron chi connectivity index (χ1n) is 9.27. The van der Waals surface area contributed by atoms with E-state index in [1.165, 1.54) is 12.1 Å². The number of nitrogens with zero attached hydrogens (tertiary/aromatic N) is 2. The summed E-state index contributed by atoms with van der Waals surface area (Å²) in [5.74, 6) is -1.25. The van der Waals surface area contributed by atoms with Gasteiger partial charge in [-0.25, -0.2) is 12.6 Å². The molecule has 0 spiro atoms. The summed E-state index contributed by atoms with van der Waals surface area (Å²) in [6, 6.07) is 10.8. The second kappa shape index (κ2) is 9.36. The Bertz CT molecular complexity index is 1600. The van der Waals surface area contributed by atoms with Gasteiger partial charge in [0.2, 0.25) is 0 Å². The highest BCUT2D eigenvalue weighted by molar-refractivity contribution is 7.91. The Labute approximate surface area is 195 Å². The highest BCUT2D eigenvalue weighted by Crippen LogP contribution is 2.41. The van der Waals surface area contributed by atoms with Crippen LogP contribution in [0.15, 0.2) is 68.6 Å². The van der Waals surface area contributed by atoms with Gasteiger partial charge in [-0.15, -0.1) is 5.11 Å². The van der Waals surface area contributed by atoms with Crippen LogP contribution in [-0.4, -0.2) is 51.8 Å². The zero-order valence-corrected chi connectivity index (χ0v) is 19.8. The van der Waals surface area contributed by atoms with Gasteiger partial charge in [-0.2, -0.15) is 21.9 Å². The molecule has 0 saturated carbocycles. The number of azo groups is 1. The summed E-state index contributed by atoms with van der Waals surface area (Å²) in [4.78, 5) is -0.863. The Morgan fingerprint density at radius 2 is 1.53 bits per heavy atom. The van der Waals surface area contributed by atoms with Crippen molar-refractivity contribution in [3.8, 4) is 5.75 Å². The maximum atomic E-state index is 12.2. The summed E-state index contributed by atoms with van der Waals surface area (Å²) < 4.78 is 91.3. The second-order valence-electron chi connectivity index (χ2n) is 7.03. The fraction of sp³-hybridized carbons (Fsp3) is 0.158. The van der Waals surface area contributed by atoms with Gasteiger partial charge in [-0.3, -0.25) is 9.11 Å². The van der Waals surface area contributed by atoms with Crippen LogP contribution in [0, 0.1) is 6.92 Å². The molecule has 3 aromatic rings. The fourth-order valence-electron chi connectivity index (χ4n) is 2.96. The molecule has 3 rings (SSSR count). The monoisotopic (exact) mass is 530 g/mol. The van der Waals surface area contributed by atoms with Crippen molar-refractivity contribution < 1.29 is 43.6 Å². The molecule has 3 aromatic carbocycles. The van der Waals surface area contributed by atoms with E-state index in [4.69, 9.17) is 4.55 Å². The highest BCUT2D eigenvalue weighted by atomic mass is 32.3. The molecule has 0 aliphatic rings. The maximum absolute atomic E-state index is 12.2. The Morgan fingerprint density at radius 1 is 0.882 bits per heavy atom. The van der Waals surface area contributed by atoms with Gasteiger partial charge in [0.25, 0.3) is 10.1 Å². The molecule has 12 nitrogen and oxygen atoms in total. The number of sulfone groups is 1. The lowest BCUT2D eigenvalue weighted by Crippen LogP contribution is -2.15. The van der Waals surface area contributed by atoms with Crippen molar-refractivity contribution in [3.05, 3.63) is 54.1 Å². The van der Waals surface area contributed by atoms with Crippen LogP contribution in [0.1, 0.15) is 5.56 Å². The zero-order valence-electron chi connectivity index (χ0n) is 17.4. The lowest BCUT2D eigenvalue weighted by Gasteiger charge is -2.09. The summed E-state index contributed by atoms with van der Waals surface area (Å²) in [5.41, 5.74) is 0.373. The van der Waals surface area contributed by atoms with Crippen molar-refractivity contribution >= 4 is 52.5 Å². The molecule has 0 aliphatic carbocycles. The number of fused-ring (bicyclic) bond motifs is 1. The topological polar surface area (TPSA) is 197 Å². The number of hydrogen-bond acceptors (Lipinski definition) is 10. The van der Waals surface area contributed by atoms with E-state index in [0.29, 0.717) is 5.39 Å². The minimum atomic E-state index is -4.78. The molecule has 0 aromatic heterocycles. The normalized spacial score (nSPS) is 13.0. The quantitative estimate of drug-likeness (QED) is 0.287. The Balaban J connectivity index is 1.93. The van der Waals surface area contributed by atoms with E-state index in [-0.39, 0.29) is 16.0 Å². The van der Waals surface area contributed by atoms with Crippen LogP contribution < -0.4 is 0 Å². The number of rotatable bonds is 8. The molecule has 0 aliphatic heterocycles. The molecule has 15 heteroatoms. The van der Waals surface area contributed by atoms with Crippen molar-refractivity contribution in [2.75, 3.05) is 12.4 Å². The lowest BCUT2D eigenvalue weighted by molar-refractivity contribution is 0.284. The van der Waals surface area contributed by atoms with Gasteiger partial charge in [0, 0.05) is 5.39 Å². The fourth-order valence-corrected chi connectivity index (χ4v) is 5.11. The van der Waals surface area contributed by atoms with E-state index in [1.807, 2.05) is 0 Å². The molecule has 182 valence electrons. The summed E-state index contributed by atoms with van der Waals surface area (Å²) in [6.07, 6.45) is 0. The van der Waals surface area contributed by atoms with E-state index in [1.54, 1.807) is 25.1 Å². The molecule has 0 fully saturated rings. The second-order valence-corrected chi connectivity index (χ2v) is 11.6. The third-order valence-electron chi connectivity index (χ3n) is 4.53. The number of aryl methyl sites for hydroxylation is 1. The van der Waals surface area contributed by atoms with E-state index in [2.05, 4.69) is 14.4 Å². The molecule has 0 amide bonds. The summed E-state index contributed by atoms with van der Waals surface area (Å²) in [5, 5.41) is 18.8. The molecule has 0 radical (unpaired) electrons. The van der Waals surface area contributed by atoms with Crippen LogP contribution in [0.2, 0.25) is 0 Å². The van der Waals surface area contributed by atoms with Gasteiger partial charge < -0.3 is 5.11 Å². The molecule has 3 N–H and O–H groups in total. The van der Waals surface area contributed by atoms with Gasteiger partial charge in [-0.05, 0) is 42.6 Å². The van der Waals surface area contributed by atoms with Crippen LogP contribution in [0.3, 0.4) is 0 Å². The van der Waals surface area contributed by atoms with E-state index in [0.717, 1.165) is 23.8 Å². The zero-order chi connectivity index (χ0) is 25.3. The maximum Gasteiger partial charge on any atom is 0.397 e. The molecular weight excluding hydrogens is 512 g/mol. The minimum absolute atomic E-state index is 0.0813. The molecule has 0 atom stereocenters. The SMILES string of the molecule is Cc1ccc2c(O)c(N=Nc3ccc(S(=O)(=O)CCOS(=O)(=O)O)cc3)c(S(=O)(=O)O)cc2c1. The number of benzene rings is 3. The molecular formula is C19H18N2O10S3. The van der Waals surface area contributed by atoms with Crippen molar-refractivity contribution in [3.63, 3.8) is 0 Å².